The van der Waals surface area contributed by atoms with E-state index in [1.807, 2.05) is 19.9 Å². The van der Waals surface area contributed by atoms with Crippen LogP contribution in [-0.4, -0.2) is 22.1 Å². The molecular weight excluding hydrogens is 397 g/mol. The van der Waals surface area contributed by atoms with E-state index in [0.717, 1.165) is 22.3 Å². The molecule has 30 heavy (non-hydrogen) atoms. The predicted octanol–water partition coefficient (Wildman–Crippen LogP) is 4.21. The van der Waals surface area contributed by atoms with Gasteiger partial charge < -0.3 is 15.8 Å². The third-order valence-corrected chi connectivity index (χ3v) is 4.70. The number of hydrogen-bond donors (Lipinski definition) is 2. The molecule has 2 aromatic carbocycles. The highest BCUT2D eigenvalue weighted by Gasteiger charge is 2.30. The highest BCUT2D eigenvalue weighted by molar-refractivity contribution is 5.91. The van der Waals surface area contributed by atoms with Crippen molar-refractivity contribution in [2.75, 3.05) is 11.1 Å². The summed E-state index contributed by atoms with van der Waals surface area (Å²) >= 11 is 0. The number of benzene rings is 2. The zero-order valence-corrected chi connectivity index (χ0v) is 16.5. The van der Waals surface area contributed by atoms with Crippen molar-refractivity contribution in [1.82, 2.24) is 9.78 Å². The first-order valence-electron chi connectivity index (χ1n) is 9.13. The van der Waals surface area contributed by atoms with Gasteiger partial charge in [0.05, 0.1) is 13.0 Å². The summed E-state index contributed by atoms with van der Waals surface area (Å²) < 4.78 is 42.1. The largest absolute Gasteiger partial charge is 0.573 e. The number of ether oxygens (including phenoxy) is 1. The Morgan fingerprint density at radius 1 is 1.10 bits per heavy atom. The number of nitrogens with two attached hydrogens (primary N) is 1. The van der Waals surface area contributed by atoms with Gasteiger partial charge in [-0.2, -0.15) is 5.10 Å². The number of anilines is 2. The first-order valence-corrected chi connectivity index (χ1v) is 9.13. The molecule has 1 aromatic heterocycles. The lowest BCUT2D eigenvalue weighted by Crippen LogP contribution is -2.17. The highest BCUT2D eigenvalue weighted by Crippen LogP contribution is 2.23. The van der Waals surface area contributed by atoms with Crippen LogP contribution in [0.1, 0.15) is 22.3 Å². The molecule has 0 bridgehead atoms. The maximum Gasteiger partial charge on any atom is 0.573 e. The average molecular weight is 418 g/mol. The minimum absolute atomic E-state index is 0.195. The molecule has 6 nitrogen and oxygen atoms in total. The number of alkyl halides is 3. The molecule has 9 heteroatoms. The van der Waals surface area contributed by atoms with Crippen molar-refractivity contribution >= 4 is 17.4 Å². The number of aromatic nitrogens is 2. The Bertz CT molecular complexity index is 1040. The Balaban J connectivity index is 1.58. The van der Waals surface area contributed by atoms with Crippen LogP contribution in [0.4, 0.5) is 24.7 Å². The maximum atomic E-state index is 12.4. The van der Waals surface area contributed by atoms with Gasteiger partial charge in [0.15, 0.2) is 5.82 Å². The fraction of sp³-hybridized carbons (Fsp3) is 0.238. The molecule has 1 heterocycles. The van der Waals surface area contributed by atoms with Gasteiger partial charge in [-0.1, -0.05) is 18.2 Å². The zero-order valence-electron chi connectivity index (χ0n) is 16.5. The van der Waals surface area contributed by atoms with Gasteiger partial charge in [0, 0.05) is 18.0 Å². The molecule has 0 aliphatic rings. The number of hydrogen-bond acceptors (Lipinski definition) is 4. The molecule has 158 valence electrons. The quantitative estimate of drug-likeness (QED) is 0.588. The van der Waals surface area contributed by atoms with Gasteiger partial charge in [0.25, 0.3) is 0 Å². The van der Waals surface area contributed by atoms with Crippen LogP contribution in [0.25, 0.3) is 0 Å². The lowest BCUT2D eigenvalue weighted by Gasteiger charge is -2.10. The summed E-state index contributed by atoms with van der Waals surface area (Å²) in [4.78, 5) is 12.4. The van der Waals surface area contributed by atoms with Crippen LogP contribution in [0.2, 0.25) is 0 Å². The number of carbonyl (C=O) groups is 1. The van der Waals surface area contributed by atoms with Crippen molar-refractivity contribution in [2.24, 2.45) is 0 Å². The molecule has 0 saturated carbocycles. The van der Waals surface area contributed by atoms with Gasteiger partial charge in [0.1, 0.15) is 5.75 Å². The van der Waals surface area contributed by atoms with E-state index >= 15 is 0 Å². The molecule has 3 N–H and O–H groups in total. The molecule has 3 aromatic rings. The van der Waals surface area contributed by atoms with Crippen molar-refractivity contribution in [2.45, 2.75) is 33.2 Å². The van der Waals surface area contributed by atoms with E-state index in [-0.39, 0.29) is 18.1 Å². The number of nitrogens with one attached hydrogen (secondary N) is 1. The molecule has 0 aliphatic carbocycles. The molecule has 0 spiro atoms. The Kier molecular flexibility index (Phi) is 6.00. The first-order chi connectivity index (χ1) is 14.1. The first kappa shape index (κ1) is 21.2. The van der Waals surface area contributed by atoms with Crippen molar-refractivity contribution in [3.05, 3.63) is 70.9 Å². The molecule has 3 rings (SSSR count). The normalized spacial score (nSPS) is 11.4. The SMILES string of the molecule is Cc1c(N)ccc(CC(=O)Nc2ccn(Cc3ccc(OC(F)(F)F)cc3)n2)c1C. The second-order valence-corrected chi connectivity index (χ2v) is 6.88. The van der Waals surface area contributed by atoms with Gasteiger partial charge in [-0.15, -0.1) is 13.2 Å². The minimum Gasteiger partial charge on any atom is -0.406 e. The summed E-state index contributed by atoms with van der Waals surface area (Å²) in [6.45, 7) is 4.17. The number of carbonyl (C=O) groups excluding carboxylic acids is 1. The molecule has 0 saturated heterocycles. The monoisotopic (exact) mass is 418 g/mol. The Labute approximate surface area is 171 Å². The smallest absolute Gasteiger partial charge is 0.406 e. The molecule has 0 atom stereocenters. The van der Waals surface area contributed by atoms with Crippen molar-refractivity contribution in [1.29, 1.82) is 0 Å². The van der Waals surface area contributed by atoms with Crippen LogP contribution in [0.3, 0.4) is 0 Å². The predicted molar refractivity (Wildman–Crippen MR) is 107 cm³/mol. The van der Waals surface area contributed by atoms with Gasteiger partial charge in [-0.05, 0) is 54.3 Å². The van der Waals surface area contributed by atoms with Crippen molar-refractivity contribution in [3.63, 3.8) is 0 Å². The van der Waals surface area contributed by atoms with Crippen LogP contribution in [-0.2, 0) is 17.8 Å². The summed E-state index contributed by atoms with van der Waals surface area (Å²) in [6.07, 6.45) is -2.85. The third-order valence-electron chi connectivity index (χ3n) is 4.70. The number of halogens is 3. The highest BCUT2D eigenvalue weighted by atomic mass is 19.4. The molecule has 0 radical (unpaired) electrons. The van der Waals surface area contributed by atoms with E-state index in [2.05, 4.69) is 15.2 Å². The maximum absolute atomic E-state index is 12.4. The van der Waals surface area contributed by atoms with Crippen molar-refractivity contribution in [3.8, 4) is 5.75 Å². The number of nitrogens with zero attached hydrogens (tertiary/aromatic N) is 2. The fourth-order valence-corrected chi connectivity index (χ4v) is 2.95. The summed E-state index contributed by atoms with van der Waals surface area (Å²) in [6, 6.07) is 10.8. The fourth-order valence-electron chi connectivity index (χ4n) is 2.95. The van der Waals surface area contributed by atoms with Gasteiger partial charge in [-0.25, -0.2) is 0 Å². The molecule has 1 amide bonds. The van der Waals surface area contributed by atoms with E-state index < -0.39 is 6.36 Å². The van der Waals surface area contributed by atoms with Crippen LogP contribution in [0.5, 0.6) is 5.75 Å². The minimum atomic E-state index is -4.72. The number of amides is 1. The summed E-state index contributed by atoms with van der Waals surface area (Å²) in [5, 5.41) is 7.02. The number of rotatable bonds is 6. The third kappa shape index (κ3) is 5.53. The van der Waals surface area contributed by atoms with Crippen LogP contribution in [0.15, 0.2) is 48.7 Å². The topological polar surface area (TPSA) is 82.2 Å². The molecule has 0 fully saturated rings. The second kappa shape index (κ2) is 8.48. The van der Waals surface area contributed by atoms with E-state index in [0.29, 0.717) is 18.1 Å². The Morgan fingerprint density at radius 2 is 1.80 bits per heavy atom. The van der Waals surface area contributed by atoms with Crippen molar-refractivity contribution < 1.29 is 22.7 Å². The average Bonchev–Trinajstić information content (AvgIpc) is 3.09. The van der Waals surface area contributed by atoms with Gasteiger partial charge in [-0.3, -0.25) is 9.48 Å². The molecule has 0 unspecified atom stereocenters. The lowest BCUT2D eigenvalue weighted by atomic mass is 9.99. The van der Waals surface area contributed by atoms with E-state index in [1.165, 1.54) is 24.3 Å². The second-order valence-electron chi connectivity index (χ2n) is 6.88. The van der Waals surface area contributed by atoms with Gasteiger partial charge >= 0.3 is 6.36 Å². The zero-order chi connectivity index (χ0) is 21.9. The summed E-state index contributed by atoms with van der Waals surface area (Å²) in [7, 11) is 0. The lowest BCUT2D eigenvalue weighted by molar-refractivity contribution is -0.274. The van der Waals surface area contributed by atoms with E-state index in [9.17, 15) is 18.0 Å². The standard InChI is InChI=1S/C21H21F3N4O2/c1-13-14(2)18(25)8-5-16(13)11-20(29)26-19-9-10-28(27-19)12-15-3-6-17(7-4-15)30-21(22,23)24/h3-10H,11-12,25H2,1-2H3,(H,26,27,29). The molecular formula is C21H21F3N4O2. The van der Waals surface area contributed by atoms with E-state index in [1.54, 1.807) is 23.0 Å². The van der Waals surface area contributed by atoms with Crippen LogP contribution in [0, 0.1) is 13.8 Å². The van der Waals surface area contributed by atoms with Crippen LogP contribution >= 0.6 is 0 Å². The van der Waals surface area contributed by atoms with Gasteiger partial charge in [0.2, 0.25) is 5.91 Å². The number of nitrogen functional groups attached to an aromatic ring is 1. The summed E-state index contributed by atoms with van der Waals surface area (Å²) in [5.41, 5.74) is 10.1. The molecule has 0 aliphatic heterocycles. The Hall–Kier alpha value is -3.49. The van der Waals surface area contributed by atoms with Crippen LogP contribution < -0.4 is 15.8 Å². The Morgan fingerprint density at radius 3 is 2.47 bits per heavy atom. The van der Waals surface area contributed by atoms with E-state index in [4.69, 9.17) is 5.73 Å². The summed E-state index contributed by atoms with van der Waals surface area (Å²) in [5.74, 6) is -0.101.